The molecule has 0 saturated heterocycles. The summed E-state index contributed by atoms with van der Waals surface area (Å²) in [7, 11) is 5.73. The van der Waals surface area contributed by atoms with Crippen molar-refractivity contribution in [3.05, 3.63) is 34.6 Å². The van der Waals surface area contributed by atoms with E-state index in [1.165, 1.54) is 6.07 Å². The first-order chi connectivity index (χ1) is 6.56. The monoisotopic (exact) mass is 216 g/mol. The SMILES string of the molecule is CNC(c1ccc(F)c(Cl)c1)N(C)C. The molecule has 0 aliphatic rings. The Bertz CT molecular complexity index is 315. The highest BCUT2D eigenvalue weighted by Gasteiger charge is 2.12. The molecular weight excluding hydrogens is 203 g/mol. The van der Waals surface area contributed by atoms with Gasteiger partial charge in [0.1, 0.15) is 5.82 Å². The van der Waals surface area contributed by atoms with Crippen molar-refractivity contribution in [2.75, 3.05) is 21.1 Å². The van der Waals surface area contributed by atoms with Crippen LogP contribution in [0.1, 0.15) is 11.7 Å². The maximum Gasteiger partial charge on any atom is 0.141 e. The van der Waals surface area contributed by atoms with E-state index in [0.717, 1.165) is 5.56 Å². The van der Waals surface area contributed by atoms with Crippen molar-refractivity contribution in [3.63, 3.8) is 0 Å². The van der Waals surface area contributed by atoms with Gasteiger partial charge in [-0.25, -0.2) is 4.39 Å². The van der Waals surface area contributed by atoms with Crippen LogP contribution in [0.25, 0.3) is 0 Å². The molecule has 0 saturated carbocycles. The van der Waals surface area contributed by atoms with Gasteiger partial charge in [0.2, 0.25) is 0 Å². The van der Waals surface area contributed by atoms with E-state index in [9.17, 15) is 4.39 Å². The van der Waals surface area contributed by atoms with Gasteiger partial charge < -0.3 is 5.32 Å². The summed E-state index contributed by atoms with van der Waals surface area (Å²) in [6, 6.07) is 4.74. The van der Waals surface area contributed by atoms with Gasteiger partial charge in [-0.2, -0.15) is 0 Å². The summed E-state index contributed by atoms with van der Waals surface area (Å²) in [5.41, 5.74) is 0.948. The molecular formula is C10H14ClFN2. The standard InChI is InChI=1S/C10H14ClFN2/c1-13-10(14(2)3)7-4-5-9(12)8(11)6-7/h4-6,10,13H,1-3H3. The Labute approximate surface area is 88.7 Å². The van der Waals surface area contributed by atoms with Gasteiger partial charge in [0.05, 0.1) is 11.2 Å². The number of hydrogen-bond acceptors (Lipinski definition) is 2. The summed E-state index contributed by atoms with van der Waals surface area (Å²) < 4.78 is 12.9. The molecule has 0 fully saturated rings. The van der Waals surface area contributed by atoms with Crippen LogP contribution in [0.2, 0.25) is 5.02 Å². The quantitative estimate of drug-likeness (QED) is 0.780. The lowest BCUT2D eigenvalue weighted by Crippen LogP contribution is -2.30. The second kappa shape index (κ2) is 4.73. The van der Waals surface area contributed by atoms with Crippen LogP contribution in [0.4, 0.5) is 4.39 Å². The summed E-state index contributed by atoms with van der Waals surface area (Å²) in [6.45, 7) is 0. The minimum absolute atomic E-state index is 0.0492. The van der Waals surface area contributed by atoms with E-state index < -0.39 is 0 Å². The van der Waals surface area contributed by atoms with Crippen molar-refractivity contribution in [1.29, 1.82) is 0 Å². The molecule has 0 aliphatic carbocycles. The Kier molecular flexibility index (Phi) is 3.86. The molecule has 0 heterocycles. The normalized spacial score (nSPS) is 13.3. The van der Waals surface area contributed by atoms with Crippen LogP contribution in [0, 0.1) is 5.82 Å². The van der Waals surface area contributed by atoms with Crippen LogP contribution < -0.4 is 5.32 Å². The van der Waals surface area contributed by atoms with E-state index in [2.05, 4.69) is 5.32 Å². The predicted octanol–water partition coefficient (Wildman–Crippen LogP) is 2.26. The maximum absolute atomic E-state index is 12.9. The average molecular weight is 217 g/mol. The highest BCUT2D eigenvalue weighted by atomic mass is 35.5. The highest BCUT2D eigenvalue weighted by Crippen LogP contribution is 2.21. The van der Waals surface area contributed by atoms with E-state index in [-0.39, 0.29) is 17.0 Å². The zero-order chi connectivity index (χ0) is 10.7. The first-order valence-electron chi connectivity index (χ1n) is 4.35. The molecule has 0 amide bonds. The van der Waals surface area contributed by atoms with Crippen LogP contribution in [-0.2, 0) is 0 Å². The molecule has 0 spiro atoms. The van der Waals surface area contributed by atoms with Crippen LogP contribution in [0.15, 0.2) is 18.2 Å². The van der Waals surface area contributed by atoms with Gasteiger partial charge in [0.25, 0.3) is 0 Å². The number of nitrogens with zero attached hydrogens (tertiary/aromatic N) is 1. The summed E-state index contributed by atoms with van der Waals surface area (Å²) in [5.74, 6) is -0.385. The molecule has 1 atom stereocenters. The molecule has 1 aromatic carbocycles. The minimum Gasteiger partial charge on any atom is -0.301 e. The Morgan fingerprint density at radius 1 is 1.43 bits per heavy atom. The Hall–Kier alpha value is -0.640. The zero-order valence-electron chi connectivity index (χ0n) is 8.51. The lowest BCUT2D eigenvalue weighted by molar-refractivity contribution is 0.264. The summed E-state index contributed by atoms with van der Waals surface area (Å²) in [6.07, 6.45) is 0.0492. The number of rotatable bonds is 3. The third kappa shape index (κ3) is 2.44. The first-order valence-corrected chi connectivity index (χ1v) is 4.72. The number of hydrogen-bond donors (Lipinski definition) is 1. The highest BCUT2D eigenvalue weighted by molar-refractivity contribution is 6.30. The molecule has 2 nitrogen and oxygen atoms in total. The van der Waals surface area contributed by atoms with Crippen molar-refractivity contribution in [2.24, 2.45) is 0 Å². The van der Waals surface area contributed by atoms with Gasteiger partial charge in [-0.1, -0.05) is 17.7 Å². The fourth-order valence-electron chi connectivity index (χ4n) is 1.41. The van der Waals surface area contributed by atoms with Gasteiger partial charge in [0, 0.05) is 0 Å². The van der Waals surface area contributed by atoms with E-state index in [1.54, 1.807) is 12.1 Å². The smallest absolute Gasteiger partial charge is 0.141 e. The predicted molar refractivity (Wildman–Crippen MR) is 56.9 cm³/mol. The average Bonchev–Trinajstić information content (AvgIpc) is 2.11. The van der Waals surface area contributed by atoms with Gasteiger partial charge in [-0.15, -0.1) is 0 Å². The molecule has 0 aliphatic heterocycles. The van der Waals surface area contributed by atoms with E-state index in [4.69, 9.17) is 11.6 Å². The second-order valence-electron chi connectivity index (χ2n) is 3.33. The summed E-state index contributed by atoms with van der Waals surface area (Å²) in [4.78, 5) is 1.99. The molecule has 78 valence electrons. The van der Waals surface area contributed by atoms with E-state index in [0.29, 0.717) is 0 Å². The molecule has 1 unspecified atom stereocenters. The number of halogens is 2. The third-order valence-corrected chi connectivity index (χ3v) is 2.34. The van der Waals surface area contributed by atoms with Gasteiger partial charge in [-0.3, -0.25) is 4.90 Å². The maximum atomic E-state index is 12.9. The third-order valence-electron chi connectivity index (χ3n) is 2.05. The van der Waals surface area contributed by atoms with Crippen molar-refractivity contribution in [1.82, 2.24) is 10.2 Å². The van der Waals surface area contributed by atoms with Gasteiger partial charge in [-0.05, 0) is 38.8 Å². The van der Waals surface area contributed by atoms with E-state index in [1.807, 2.05) is 26.0 Å². The van der Waals surface area contributed by atoms with Gasteiger partial charge in [0.15, 0.2) is 0 Å². The summed E-state index contributed by atoms with van der Waals surface area (Å²) >= 11 is 5.70. The summed E-state index contributed by atoms with van der Waals surface area (Å²) in [5, 5.41) is 3.27. The molecule has 0 aromatic heterocycles. The molecule has 1 aromatic rings. The van der Waals surface area contributed by atoms with Crippen molar-refractivity contribution >= 4 is 11.6 Å². The molecule has 4 heteroatoms. The fraction of sp³-hybridized carbons (Fsp3) is 0.400. The van der Waals surface area contributed by atoms with Crippen molar-refractivity contribution in [2.45, 2.75) is 6.17 Å². The first kappa shape index (κ1) is 11.4. The molecule has 14 heavy (non-hydrogen) atoms. The Morgan fingerprint density at radius 3 is 2.50 bits per heavy atom. The Balaban J connectivity index is 3.00. The van der Waals surface area contributed by atoms with Crippen molar-refractivity contribution < 1.29 is 4.39 Å². The molecule has 0 radical (unpaired) electrons. The molecule has 1 rings (SSSR count). The minimum atomic E-state index is -0.385. The Morgan fingerprint density at radius 2 is 2.07 bits per heavy atom. The lowest BCUT2D eigenvalue weighted by Gasteiger charge is -2.24. The second-order valence-corrected chi connectivity index (χ2v) is 3.74. The molecule has 1 N–H and O–H groups in total. The van der Waals surface area contributed by atoms with Crippen LogP contribution in [-0.4, -0.2) is 26.0 Å². The van der Waals surface area contributed by atoms with Crippen LogP contribution in [0.3, 0.4) is 0 Å². The van der Waals surface area contributed by atoms with E-state index >= 15 is 0 Å². The zero-order valence-corrected chi connectivity index (χ0v) is 9.27. The largest absolute Gasteiger partial charge is 0.301 e. The lowest BCUT2D eigenvalue weighted by atomic mass is 10.1. The fourth-order valence-corrected chi connectivity index (χ4v) is 1.59. The van der Waals surface area contributed by atoms with Gasteiger partial charge >= 0.3 is 0 Å². The number of benzene rings is 1. The number of nitrogens with one attached hydrogen (secondary N) is 1. The van der Waals surface area contributed by atoms with Crippen LogP contribution in [0.5, 0.6) is 0 Å². The van der Waals surface area contributed by atoms with Crippen molar-refractivity contribution in [3.8, 4) is 0 Å². The van der Waals surface area contributed by atoms with Crippen LogP contribution >= 0.6 is 11.6 Å². The topological polar surface area (TPSA) is 15.3 Å². The molecule has 0 bridgehead atoms.